The zero-order chi connectivity index (χ0) is 34.0. The van der Waals surface area contributed by atoms with Gasteiger partial charge < -0.3 is 45.4 Å². The number of ether oxygens (including phenoxy) is 1. The highest BCUT2D eigenvalue weighted by Gasteiger charge is 2.42. The molecule has 9 nitrogen and oxygen atoms in total. The van der Waals surface area contributed by atoms with Gasteiger partial charge in [-0.05, 0) is 99.8 Å². The van der Waals surface area contributed by atoms with Crippen LogP contribution in [0.2, 0.25) is 0 Å². The van der Waals surface area contributed by atoms with Crippen molar-refractivity contribution < 1.29 is 24.5 Å². The Morgan fingerprint density at radius 3 is 2.65 bits per heavy atom. The molecule has 2 aliphatic rings. The third kappa shape index (κ3) is 9.04. The Morgan fingerprint density at radius 1 is 1.04 bits per heavy atom. The van der Waals surface area contributed by atoms with E-state index in [1.54, 1.807) is 6.07 Å². The summed E-state index contributed by atoms with van der Waals surface area (Å²) in [5.41, 5.74) is 5.80. The van der Waals surface area contributed by atoms with Crippen LogP contribution in [0.4, 0.5) is 0 Å². The minimum atomic E-state index is -0.395. The van der Waals surface area contributed by atoms with Crippen LogP contribution in [0.3, 0.4) is 0 Å². The summed E-state index contributed by atoms with van der Waals surface area (Å²) in [7, 11) is 2.01. The number of aliphatic hydroxyl groups is 2. The van der Waals surface area contributed by atoms with Crippen LogP contribution in [0.1, 0.15) is 111 Å². The smallest absolute Gasteiger partial charge is 0.161 e. The minimum Gasteiger partial charge on any atom is -0.504 e. The zero-order valence-electron chi connectivity index (χ0n) is 29.6. The summed E-state index contributed by atoms with van der Waals surface area (Å²) in [6, 6.07) is 10.1. The topological polar surface area (TPSA) is 135 Å². The molecule has 6 unspecified atom stereocenters. The molecule has 5 rings (SSSR count). The summed E-state index contributed by atoms with van der Waals surface area (Å²) >= 11 is 0. The molecule has 9 heteroatoms. The van der Waals surface area contributed by atoms with Crippen LogP contribution < -0.4 is 20.7 Å². The molecule has 0 bridgehead atoms. The molecule has 2 aliphatic carbocycles. The number of furan rings is 1. The molecule has 1 aromatic carbocycles. The third-order valence-corrected chi connectivity index (χ3v) is 10.6. The molecule has 6 atom stereocenters. The maximum Gasteiger partial charge on any atom is 0.161 e. The SMILES string of the molecule is CCCCc1oc(CCc2ccc(O)c(OCC(NCC)c3cc4c([nH]3)CCC3CCCC3C4C(CNC)NCC(C)O)c2)cc1CO. The second kappa shape index (κ2) is 17.7. The minimum absolute atomic E-state index is 0.00529. The number of aromatic nitrogens is 1. The molecule has 0 amide bonds. The standard InChI is InChI=1S/C39H60N4O5/c1-5-7-11-37-28(23-44)19-29(48-37)15-12-26-13-17-36(46)38(18-26)47-24-35(41-6-2)33-20-31-32(43-33)16-14-27-9-8-10-30(27)39(31)34(22-40-4)42-21-25(3)45/h13,17-20,25,27,30,34-35,39-46H,5-12,14-16,21-24H2,1-4H3. The van der Waals surface area contributed by atoms with Gasteiger partial charge in [0.2, 0.25) is 0 Å². The number of unbranched alkanes of at least 4 members (excludes halogenated alkanes) is 1. The number of hydrogen-bond acceptors (Lipinski definition) is 8. The Morgan fingerprint density at radius 2 is 1.90 bits per heavy atom. The van der Waals surface area contributed by atoms with Gasteiger partial charge in [0.25, 0.3) is 0 Å². The number of rotatable bonds is 19. The van der Waals surface area contributed by atoms with Crippen LogP contribution in [0, 0.1) is 11.8 Å². The van der Waals surface area contributed by atoms with Gasteiger partial charge >= 0.3 is 0 Å². The number of hydrogen-bond donors (Lipinski definition) is 7. The van der Waals surface area contributed by atoms with Gasteiger partial charge in [-0.2, -0.15) is 0 Å². The highest BCUT2D eigenvalue weighted by atomic mass is 16.5. The van der Waals surface area contributed by atoms with Crippen molar-refractivity contribution in [1.82, 2.24) is 20.9 Å². The van der Waals surface area contributed by atoms with E-state index in [1.165, 1.54) is 36.9 Å². The Bertz CT molecular complexity index is 1420. The molecule has 48 heavy (non-hydrogen) atoms. The first-order valence-electron chi connectivity index (χ1n) is 18.5. The van der Waals surface area contributed by atoms with E-state index in [1.807, 2.05) is 32.2 Å². The third-order valence-electron chi connectivity index (χ3n) is 10.6. The highest BCUT2D eigenvalue weighted by molar-refractivity contribution is 5.42. The average Bonchev–Trinajstić information content (AvgIpc) is 3.81. The Kier molecular flexibility index (Phi) is 13.5. The summed E-state index contributed by atoms with van der Waals surface area (Å²) in [5, 5.41) is 41.4. The average molecular weight is 665 g/mol. The van der Waals surface area contributed by atoms with E-state index in [-0.39, 0.29) is 24.4 Å². The predicted octanol–water partition coefficient (Wildman–Crippen LogP) is 5.67. The lowest BCUT2D eigenvalue weighted by Gasteiger charge is -2.35. The van der Waals surface area contributed by atoms with E-state index in [2.05, 4.69) is 40.8 Å². The van der Waals surface area contributed by atoms with Crippen molar-refractivity contribution in [2.24, 2.45) is 11.8 Å². The summed E-state index contributed by atoms with van der Waals surface area (Å²) < 4.78 is 12.4. The van der Waals surface area contributed by atoms with E-state index in [0.717, 1.165) is 79.5 Å². The molecule has 7 N–H and O–H groups in total. The van der Waals surface area contributed by atoms with Crippen molar-refractivity contribution in [2.45, 2.75) is 116 Å². The van der Waals surface area contributed by atoms with Gasteiger partial charge in [-0.25, -0.2) is 0 Å². The zero-order valence-corrected chi connectivity index (χ0v) is 29.6. The fraction of sp³-hybridized carbons (Fsp3) is 0.641. The second-order valence-corrected chi connectivity index (χ2v) is 14.1. The number of fused-ring (bicyclic) bond motifs is 2. The molecular formula is C39H60N4O5. The number of phenols is 1. The number of nitrogens with one attached hydrogen (secondary N) is 4. The summed E-state index contributed by atoms with van der Waals surface area (Å²) in [4.78, 5) is 3.83. The lowest BCUT2D eigenvalue weighted by atomic mass is 9.76. The molecule has 0 saturated heterocycles. The van der Waals surface area contributed by atoms with Crippen LogP contribution >= 0.6 is 0 Å². The Labute approximate surface area is 287 Å². The van der Waals surface area contributed by atoms with Gasteiger partial charge in [-0.3, -0.25) is 0 Å². The van der Waals surface area contributed by atoms with Crippen molar-refractivity contribution in [3.05, 3.63) is 69.9 Å². The molecule has 1 fully saturated rings. The van der Waals surface area contributed by atoms with Crippen LogP contribution in [-0.2, 0) is 32.3 Å². The number of aromatic hydroxyl groups is 1. The largest absolute Gasteiger partial charge is 0.504 e. The fourth-order valence-corrected chi connectivity index (χ4v) is 8.18. The molecule has 0 aliphatic heterocycles. The first kappa shape index (κ1) is 36.5. The van der Waals surface area contributed by atoms with Crippen LogP contribution in [0.15, 0.2) is 34.7 Å². The molecule has 0 spiro atoms. The molecule has 266 valence electrons. The van der Waals surface area contributed by atoms with E-state index in [9.17, 15) is 15.3 Å². The van der Waals surface area contributed by atoms with Crippen molar-refractivity contribution in [1.29, 1.82) is 0 Å². The van der Waals surface area contributed by atoms with E-state index in [4.69, 9.17) is 9.15 Å². The van der Waals surface area contributed by atoms with E-state index >= 15 is 0 Å². The number of aliphatic hydroxyl groups excluding tert-OH is 2. The summed E-state index contributed by atoms with van der Waals surface area (Å²) in [6.45, 7) is 8.69. The molecular weight excluding hydrogens is 604 g/mol. The normalized spacial score (nSPS) is 21.0. The first-order valence-corrected chi connectivity index (χ1v) is 18.5. The summed E-state index contributed by atoms with van der Waals surface area (Å²) in [5.74, 6) is 4.10. The van der Waals surface area contributed by atoms with Crippen LogP contribution in [0.5, 0.6) is 11.5 Å². The number of aryl methyl sites for hydroxylation is 4. The monoisotopic (exact) mass is 664 g/mol. The molecule has 2 aromatic heterocycles. The Hall–Kier alpha value is -2.82. The van der Waals surface area contributed by atoms with Gasteiger partial charge in [0, 0.05) is 54.8 Å². The maximum atomic E-state index is 10.7. The Balaban J connectivity index is 1.31. The van der Waals surface area contributed by atoms with Gasteiger partial charge in [-0.15, -0.1) is 0 Å². The number of aromatic amines is 1. The molecule has 3 aromatic rings. The van der Waals surface area contributed by atoms with E-state index in [0.29, 0.717) is 37.2 Å². The van der Waals surface area contributed by atoms with Crippen molar-refractivity contribution in [3.8, 4) is 11.5 Å². The number of H-pyrrole nitrogens is 1. The van der Waals surface area contributed by atoms with Gasteiger partial charge in [0.05, 0.1) is 18.8 Å². The quantitative estimate of drug-likeness (QED) is 0.0872. The van der Waals surface area contributed by atoms with Crippen molar-refractivity contribution in [2.75, 3.05) is 33.3 Å². The van der Waals surface area contributed by atoms with Crippen molar-refractivity contribution in [3.63, 3.8) is 0 Å². The highest BCUT2D eigenvalue weighted by Crippen LogP contribution is 2.49. The maximum absolute atomic E-state index is 10.7. The van der Waals surface area contributed by atoms with Crippen LogP contribution in [0.25, 0.3) is 0 Å². The van der Waals surface area contributed by atoms with Crippen LogP contribution in [-0.4, -0.2) is 65.7 Å². The van der Waals surface area contributed by atoms with Gasteiger partial charge in [0.1, 0.15) is 18.1 Å². The van der Waals surface area contributed by atoms with Gasteiger partial charge in [0.15, 0.2) is 11.5 Å². The van der Waals surface area contributed by atoms with Gasteiger partial charge in [-0.1, -0.05) is 39.2 Å². The number of phenolic OH excluding ortho intramolecular Hbond substituents is 1. The predicted molar refractivity (Wildman–Crippen MR) is 191 cm³/mol. The molecule has 0 radical (unpaired) electrons. The molecule has 1 saturated carbocycles. The lowest BCUT2D eigenvalue weighted by Crippen LogP contribution is -2.47. The second-order valence-electron chi connectivity index (χ2n) is 14.1. The lowest BCUT2D eigenvalue weighted by molar-refractivity contribution is 0.175. The van der Waals surface area contributed by atoms with Crippen molar-refractivity contribution >= 4 is 0 Å². The fourth-order valence-electron chi connectivity index (χ4n) is 8.18. The molecule has 2 heterocycles. The number of benzene rings is 1. The first-order chi connectivity index (χ1) is 23.3. The summed E-state index contributed by atoms with van der Waals surface area (Å²) in [6.07, 6.45) is 10.1. The van der Waals surface area contributed by atoms with E-state index < -0.39 is 6.10 Å². The number of likely N-dealkylation sites (N-methyl/N-ethyl adjacent to an activating group) is 2.